The number of amides is 2. The Balaban J connectivity index is 2.41. The zero-order chi connectivity index (χ0) is 9.68. The van der Waals surface area contributed by atoms with Crippen molar-refractivity contribution >= 4 is 22.5 Å². The number of aryl methyl sites for hydroxylation is 1. The third kappa shape index (κ3) is 3.13. The van der Waals surface area contributed by atoms with Gasteiger partial charge in [0.1, 0.15) is 0 Å². The number of terminal acetylenes is 1. The average molecular weight is 195 g/mol. The number of anilines is 1. The zero-order valence-electron chi connectivity index (χ0n) is 7.13. The first-order valence-corrected chi connectivity index (χ1v) is 4.51. The molecule has 1 aromatic heterocycles. The van der Waals surface area contributed by atoms with Crippen LogP contribution in [0.4, 0.5) is 9.93 Å². The van der Waals surface area contributed by atoms with Gasteiger partial charge in [-0.3, -0.25) is 5.32 Å². The van der Waals surface area contributed by atoms with Crippen LogP contribution in [0, 0.1) is 19.3 Å². The third-order valence-corrected chi connectivity index (χ3v) is 2.07. The van der Waals surface area contributed by atoms with Crippen LogP contribution in [0.3, 0.4) is 0 Å². The molecule has 1 rings (SSSR count). The lowest BCUT2D eigenvalue weighted by Gasteiger charge is -2.00. The molecule has 0 aliphatic heterocycles. The average Bonchev–Trinajstić information content (AvgIpc) is 2.48. The van der Waals surface area contributed by atoms with E-state index in [1.807, 2.05) is 12.3 Å². The predicted molar refractivity (Wildman–Crippen MR) is 52.7 cm³/mol. The van der Waals surface area contributed by atoms with Crippen LogP contribution in [-0.4, -0.2) is 17.6 Å². The van der Waals surface area contributed by atoms with Gasteiger partial charge in [0, 0.05) is 5.38 Å². The molecule has 0 unspecified atom stereocenters. The third-order valence-electron chi connectivity index (χ3n) is 1.19. The van der Waals surface area contributed by atoms with Gasteiger partial charge in [-0.15, -0.1) is 17.8 Å². The van der Waals surface area contributed by atoms with Crippen molar-refractivity contribution < 1.29 is 4.79 Å². The molecule has 0 spiro atoms. The van der Waals surface area contributed by atoms with Gasteiger partial charge in [-0.05, 0) is 6.92 Å². The number of carbonyl (C=O) groups excluding carboxylic acids is 1. The van der Waals surface area contributed by atoms with E-state index in [4.69, 9.17) is 6.42 Å². The summed E-state index contributed by atoms with van der Waals surface area (Å²) in [4.78, 5) is 15.1. The van der Waals surface area contributed by atoms with Gasteiger partial charge in [-0.1, -0.05) is 5.92 Å². The van der Waals surface area contributed by atoms with E-state index in [2.05, 4.69) is 21.5 Å². The van der Waals surface area contributed by atoms with Crippen molar-refractivity contribution in [2.45, 2.75) is 6.92 Å². The molecular formula is C8H9N3OS. The van der Waals surface area contributed by atoms with Crippen LogP contribution in [-0.2, 0) is 0 Å². The molecule has 5 heteroatoms. The molecule has 4 nitrogen and oxygen atoms in total. The van der Waals surface area contributed by atoms with Crippen LogP contribution < -0.4 is 10.6 Å². The van der Waals surface area contributed by atoms with Crippen LogP contribution in [0.1, 0.15) is 5.69 Å². The topological polar surface area (TPSA) is 54.0 Å². The summed E-state index contributed by atoms with van der Waals surface area (Å²) >= 11 is 1.38. The highest BCUT2D eigenvalue weighted by Crippen LogP contribution is 2.13. The molecule has 0 radical (unpaired) electrons. The Bertz CT molecular complexity index is 339. The van der Waals surface area contributed by atoms with E-state index >= 15 is 0 Å². The van der Waals surface area contributed by atoms with Crippen LogP contribution in [0.5, 0.6) is 0 Å². The van der Waals surface area contributed by atoms with Crippen LogP contribution in [0.15, 0.2) is 5.38 Å². The van der Waals surface area contributed by atoms with Crippen molar-refractivity contribution in [2.75, 3.05) is 11.9 Å². The van der Waals surface area contributed by atoms with E-state index in [0.717, 1.165) is 5.69 Å². The Hall–Kier alpha value is -1.54. The van der Waals surface area contributed by atoms with E-state index in [1.165, 1.54) is 11.3 Å². The molecule has 0 atom stereocenters. The van der Waals surface area contributed by atoms with Gasteiger partial charge >= 0.3 is 6.03 Å². The summed E-state index contributed by atoms with van der Waals surface area (Å²) in [7, 11) is 0. The van der Waals surface area contributed by atoms with E-state index in [1.54, 1.807) is 0 Å². The zero-order valence-corrected chi connectivity index (χ0v) is 7.94. The first-order chi connectivity index (χ1) is 6.22. The first-order valence-electron chi connectivity index (χ1n) is 3.63. The molecule has 0 aliphatic rings. The summed E-state index contributed by atoms with van der Waals surface area (Å²) in [6, 6.07) is -0.327. The maximum atomic E-state index is 11.0. The number of aromatic nitrogens is 1. The molecule has 1 aromatic rings. The molecular weight excluding hydrogens is 186 g/mol. The number of urea groups is 1. The molecule has 0 aliphatic carbocycles. The second-order valence-electron chi connectivity index (χ2n) is 2.31. The van der Waals surface area contributed by atoms with Crippen LogP contribution in [0.25, 0.3) is 0 Å². The Labute approximate surface area is 80.4 Å². The predicted octanol–water partition coefficient (Wildman–Crippen LogP) is 1.21. The van der Waals surface area contributed by atoms with Gasteiger partial charge in [-0.2, -0.15) is 0 Å². The first kappa shape index (κ1) is 9.55. The van der Waals surface area contributed by atoms with Crippen molar-refractivity contribution in [1.29, 1.82) is 0 Å². The number of rotatable bonds is 2. The second-order valence-corrected chi connectivity index (χ2v) is 3.16. The smallest absolute Gasteiger partial charge is 0.321 e. The summed E-state index contributed by atoms with van der Waals surface area (Å²) in [6.07, 6.45) is 4.97. The largest absolute Gasteiger partial charge is 0.327 e. The molecule has 2 N–H and O–H groups in total. The molecule has 0 saturated heterocycles. The molecule has 0 saturated carbocycles. The van der Waals surface area contributed by atoms with Crippen molar-refractivity contribution in [1.82, 2.24) is 10.3 Å². The van der Waals surface area contributed by atoms with Gasteiger partial charge in [-0.25, -0.2) is 9.78 Å². The molecule has 0 fully saturated rings. The standard InChI is InChI=1S/C8H9N3OS/c1-3-4-9-7(12)11-8-10-6(2)5-13-8/h1,5H,4H2,2H3,(H2,9,10,11,12). The van der Waals surface area contributed by atoms with Gasteiger partial charge in [0.05, 0.1) is 12.2 Å². The Kier molecular flexibility index (Phi) is 3.29. The molecule has 0 bridgehead atoms. The normalized spacial score (nSPS) is 8.92. The number of hydrogen-bond acceptors (Lipinski definition) is 3. The van der Waals surface area contributed by atoms with Gasteiger partial charge in [0.15, 0.2) is 5.13 Å². The number of nitrogens with zero attached hydrogens (tertiary/aromatic N) is 1. The van der Waals surface area contributed by atoms with Crippen LogP contribution >= 0.6 is 11.3 Å². The van der Waals surface area contributed by atoms with Crippen molar-refractivity contribution in [3.8, 4) is 12.3 Å². The monoisotopic (exact) mass is 195 g/mol. The highest BCUT2D eigenvalue weighted by molar-refractivity contribution is 7.13. The van der Waals surface area contributed by atoms with Gasteiger partial charge < -0.3 is 5.32 Å². The summed E-state index contributed by atoms with van der Waals surface area (Å²) in [5.41, 5.74) is 0.886. The van der Waals surface area contributed by atoms with Crippen LogP contribution in [0.2, 0.25) is 0 Å². The fourth-order valence-electron chi connectivity index (χ4n) is 0.684. The van der Waals surface area contributed by atoms with E-state index in [-0.39, 0.29) is 12.6 Å². The quantitative estimate of drug-likeness (QED) is 0.697. The van der Waals surface area contributed by atoms with Crippen molar-refractivity contribution in [3.63, 3.8) is 0 Å². The Morgan fingerprint density at radius 1 is 1.85 bits per heavy atom. The maximum Gasteiger partial charge on any atom is 0.321 e. The number of nitrogens with one attached hydrogen (secondary N) is 2. The lowest BCUT2D eigenvalue weighted by Crippen LogP contribution is -2.28. The van der Waals surface area contributed by atoms with Crippen molar-refractivity contribution in [3.05, 3.63) is 11.1 Å². The highest BCUT2D eigenvalue weighted by Gasteiger charge is 2.02. The van der Waals surface area contributed by atoms with E-state index in [9.17, 15) is 4.79 Å². The minimum Gasteiger partial charge on any atom is -0.327 e. The molecule has 68 valence electrons. The SMILES string of the molecule is C#CCNC(=O)Nc1nc(C)cs1. The summed E-state index contributed by atoms with van der Waals surface area (Å²) in [6.45, 7) is 2.08. The lowest BCUT2D eigenvalue weighted by atomic mass is 10.6. The summed E-state index contributed by atoms with van der Waals surface area (Å²) in [5, 5.41) is 7.46. The minimum atomic E-state index is -0.327. The molecule has 1 heterocycles. The number of carbonyl (C=O) groups is 1. The molecule has 2 amide bonds. The molecule has 0 aromatic carbocycles. The number of thiazole rings is 1. The van der Waals surface area contributed by atoms with E-state index < -0.39 is 0 Å². The minimum absolute atomic E-state index is 0.218. The van der Waals surface area contributed by atoms with Crippen molar-refractivity contribution in [2.24, 2.45) is 0 Å². The maximum absolute atomic E-state index is 11.0. The lowest BCUT2D eigenvalue weighted by molar-refractivity contribution is 0.253. The number of hydrogen-bond donors (Lipinski definition) is 2. The van der Waals surface area contributed by atoms with Gasteiger partial charge in [0.25, 0.3) is 0 Å². The van der Waals surface area contributed by atoms with E-state index in [0.29, 0.717) is 5.13 Å². The fourth-order valence-corrected chi connectivity index (χ4v) is 1.37. The summed E-state index contributed by atoms with van der Waals surface area (Å²) < 4.78 is 0. The Morgan fingerprint density at radius 3 is 3.15 bits per heavy atom. The summed E-state index contributed by atoms with van der Waals surface area (Å²) in [5.74, 6) is 2.30. The fraction of sp³-hybridized carbons (Fsp3) is 0.250. The van der Waals surface area contributed by atoms with Gasteiger partial charge in [0.2, 0.25) is 0 Å². The Morgan fingerprint density at radius 2 is 2.62 bits per heavy atom. The molecule has 13 heavy (non-hydrogen) atoms. The highest BCUT2D eigenvalue weighted by atomic mass is 32.1. The second kappa shape index (κ2) is 4.48.